The molecule has 0 fully saturated rings. The Morgan fingerprint density at radius 3 is 2.81 bits per heavy atom. The summed E-state index contributed by atoms with van der Waals surface area (Å²) >= 11 is 0. The Balaban J connectivity index is 2.86. The summed E-state index contributed by atoms with van der Waals surface area (Å²) in [6.07, 6.45) is 2.67. The summed E-state index contributed by atoms with van der Waals surface area (Å²) < 4.78 is 29.4. The maximum atomic E-state index is 12.2. The van der Waals surface area contributed by atoms with Crippen LogP contribution in [-0.4, -0.2) is 66.2 Å². The van der Waals surface area contributed by atoms with Crippen LogP contribution < -0.4 is 0 Å². The van der Waals surface area contributed by atoms with Crippen LogP contribution in [0.1, 0.15) is 13.8 Å². The van der Waals surface area contributed by atoms with E-state index in [2.05, 4.69) is 16.7 Å². The van der Waals surface area contributed by atoms with Crippen LogP contribution in [0, 0.1) is 0 Å². The zero-order valence-electron chi connectivity index (χ0n) is 12.2. The van der Waals surface area contributed by atoms with E-state index in [0.717, 1.165) is 11.0 Å². The number of carbonyl (C=O) groups excluding carboxylic acids is 1. The van der Waals surface area contributed by atoms with Gasteiger partial charge >= 0.3 is 6.03 Å². The van der Waals surface area contributed by atoms with Gasteiger partial charge in [0.25, 0.3) is 5.16 Å². The van der Waals surface area contributed by atoms with Crippen LogP contribution in [0.2, 0.25) is 0 Å². The number of rotatable bonds is 8. The molecule has 1 aromatic heterocycles. The first-order valence-electron chi connectivity index (χ1n) is 6.58. The molecule has 0 radical (unpaired) electrons. The summed E-state index contributed by atoms with van der Waals surface area (Å²) in [5, 5.41) is 3.39. The fraction of sp³-hybridized carbons (Fsp3) is 0.583. The molecule has 118 valence electrons. The molecule has 0 aliphatic carbocycles. The topological polar surface area (TPSA) is 94.4 Å². The maximum absolute atomic E-state index is 12.2. The monoisotopic (exact) mass is 316 g/mol. The fourth-order valence-corrected chi connectivity index (χ4v) is 2.17. The molecule has 0 atom stereocenters. The van der Waals surface area contributed by atoms with Crippen molar-refractivity contribution in [3.63, 3.8) is 0 Å². The number of hydrogen-bond donors (Lipinski definition) is 0. The largest absolute Gasteiger partial charge is 0.380 e. The number of amides is 1. The van der Waals surface area contributed by atoms with Gasteiger partial charge in [0, 0.05) is 19.7 Å². The SMILES string of the molecule is C=CCN(CCOCC)C(=O)n1cnc(S(=O)(=O)CC)n1. The highest BCUT2D eigenvalue weighted by atomic mass is 32.2. The normalized spacial score (nSPS) is 11.3. The minimum absolute atomic E-state index is 0.119. The Labute approximate surface area is 124 Å². The second kappa shape index (κ2) is 7.89. The van der Waals surface area contributed by atoms with Crippen LogP contribution in [0.3, 0.4) is 0 Å². The van der Waals surface area contributed by atoms with Gasteiger partial charge in [0.15, 0.2) is 0 Å². The van der Waals surface area contributed by atoms with Gasteiger partial charge in [-0.05, 0) is 6.92 Å². The number of nitrogens with zero attached hydrogens (tertiary/aromatic N) is 4. The van der Waals surface area contributed by atoms with Gasteiger partial charge in [-0.3, -0.25) is 0 Å². The molecule has 8 nitrogen and oxygen atoms in total. The lowest BCUT2D eigenvalue weighted by atomic mass is 10.5. The van der Waals surface area contributed by atoms with Crippen molar-refractivity contribution in [1.82, 2.24) is 19.7 Å². The Hall–Kier alpha value is -1.74. The molecule has 1 aromatic rings. The average Bonchev–Trinajstić information content (AvgIpc) is 2.96. The molecule has 9 heteroatoms. The first-order valence-corrected chi connectivity index (χ1v) is 8.23. The van der Waals surface area contributed by atoms with Gasteiger partial charge in [-0.15, -0.1) is 11.7 Å². The number of aromatic nitrogens is 3. The first kappa shape index (κ1) is 17.3. The van der Waals surface area contributed by atoms with Gasteiger partial charge in [0.2, 0.25) is 9.84 Å². The molecular formula is C12H20N4O4S. The van der Waals surface area contributed by atoms with E-state index in [1.807, 2.05) is 6.92 Å². The van der Waals surface area contributed by atoms with Crippen molar-refractivity contribution < 1.29 is 17.9 Å². The molecular weight excluding hydrogens is 296 g/mol. The zero-order chi connectivity index (χ0) is 15.9. The van der Waals surface area contributed by atoms with Crippen molar-refractivity contribution in [2.45, 2.75) is 19.0 Å². The third-order valence-corrected chi connectivity index (χ3v) is 4.16. The molecule has 0 aliphatic rings. The second-order valence-electron chi connectivity index (χ2n) is 4.09. The van der Waals surface area contributed by atoms with Crippen molar-refractivity contribution >= 4 is 15.9 Å². The molecule has 0 bridgehead atoms. The van der Waals surface area contributed by atoms with Gasteiger partial charge < -0.3 is 9.64 Å². The van der Waals surface area contributed by atoms with Gasteiger partial charge in [-0.2, -0.15) is 4.68 Å². The fourth-order valence-electron chi connectivity index (χ4n) is 1.50. The standard InChI is InChI=1S/C12H20N4O4S/c1-4-7-15(8-9-20-5-2)12(17)16-10-13-11(14-16)21(18,19)6-3/h4,10H,1,5-9H2,2-3H3. The van der Waals surface area contributed by atoms with Gasteiger partial charge in [-0.25, -0.2) is 18.2 Å². The molecule has 0 N–H and O–H groups in total. The number of ether oxygens (including phenoxy) is 1. The van der Waals surface area contributed by atoms with Crippen molar-refractivity contribution in [3.8, 4) is 0 Å². The van der Waals surface area contributed by atoms with Gasteiger partial charge in [0.05, 0.1) is 12.4 Å². The molecule has 21 heavy (non-hydrogen) atoms. The summed E-state index contributed by atoms with van der Waals surface area (Å²) in [5.74, 6) is -0.119. The quantitative estimate of drug-likeness (QED) is 0.514. The van der Waals surface area contributed by atoms with E-state index in [0.29, 0.717) is 26.3 Å². The van der Waals surface area contributed by atoms with E-state index < -0.39 is 15.9 Å². The first-order chi connectivity index (χ1) is 9.96. The predicted octanol–water partition coefficient (Wildman–Crippen LogP) is 0.564. The summed E-state index contributed by atoms with van der Waals surface area (Å²) in [7, 11) is -3.53. The van der Waals surface area contributed by atoms with Gasteiger partial charge in [0.1, 0.15) is 6.33 Å². The Morgan fingerprint density at radius 2 is 2.24 bits per heavy atom. The van der Waals surface area contributed by atoms with Crippen LogP contribution in [0.5, 0.6) is 0 Å². The van der Waals surface area contributed by atoms with Crippen LogP contribution in [-0.2, 0) is 14.6 Å². The Kier molecular flexibility index (Phi) is 6.50. The van der Waals surface area contributed by atoms with Crippen LogP contribution in [0.15, 0.2) is 24.1 Å². The average molecular weight is 316 g/mol. The highest BCUT2D eigenvalue weighted by molar-refractivity contribution is 7.91. The molecule has 0 spiro atoms. The van der Waals surface area contributed by atoms with E-state index in [9.17, 15) is 13.2 Å². The Morgan fingerprint density at radius 1 is 1.52 bits per heavy atom. The summed E-state index contributed by atoms with van der Waals surface area (Å²) in [6, 6.07) is -0.473. The molecule has 1 heterocycles. The molecule has 0 aliphatic heterocycles. The van der Waals surface area contributed by atoms with Crippen LogP contribution >= 0.6 is 0 Å². The predicted molar refractivity (Wildman–Crippen MR) is 76.8 cm³/mol. The van der Waals surface area contributed by atoms with E-state index >= 15 is 0 Å². The van der Waals surface area contributed by atoms with E-state index in [1.165, 1.54) is 11.8 Å². The van der Waals surface area contributed by atoms with Crippen molar-refractivity contribution in [1.29, 1.82) is 0 Å². The van der Waals surface area contributed by atoms with Crippen LogP contribution in [0.25, 0.3) is 0 Å². The Bertz CT molecular complexity index is 582. The third-order valence-electron chi connectivity index (χ3n) is 2.65. The van der Waals surface area contributed by atoms with E-state index in [4.69, 9.17) is 4.74 Å². The molecule has 0 saturated carbocycles. The minimum Gasteiger partial charge on any atom is -0.380 e. The smallest absolute Gasteiger partial charge is 0.346 e. The third kappa shape index (κ3) is 4.64. The van der Waals surface area contributed by atoms with Crippen molar-refractivity contribution in [3.05, 3.63) is 19.0 Å². The number of sulfone groups is 1. The van der Waals surface area contributed by atoms with Crippen LogP contribution in [0.4, 0.5) is 4.79 Å². The van der Waals surface area contributed by atoms with Crippen molar-refractivity contribution in [2.75, 3.05) is 32.1 Å². The van der Waals surface area contributed by atoms with Crippen molar-refractivity contribution in [2.24, 2.45) is 0 Å². The summed E-state index contributed by atoms with van der Waals surface area (Å²) in [6.45, 7) is 8.53. The maximum Gasteiger partial charge on any atom is 0.346 e. The summed E-state index contributed by atoms with van der Waals surface area (Å²) in [5.41, 5.74) is 0. The van der Waals surface area contributed by atoms with E-state index in [1.54, 1.807) is 6.08 Å². The lowest BCUT2D eigenvalue weighted by Gasteiger charge is -2.19. The highest BCUT2D eigenvalue weighted by Crippen LogP contribution is 2.04. The molecule has 0 unspecified atom stereocenters. The number of hydrogen-bond acceptors (Lipinski definition) is 6. The lowest BCUT2D eigenvalue weighted by Crippen LogP contribution is -2.37. The second-order valence-corrected chi connectivity index (χ2v) is 6.26. The van der Waals surface area contributed by atoms with E-state index in [-0.39, 0.29) is 10.9 Å². The van der Waals surface area contributed by atoms with Gasteiger partial charge in [-0.1, -0.05) is 13.0 Å². The lowest BCUT2D eigenvalue weighted by molar-refractivity contribution is 0.122. The number of carbonyl (C=O) groups is 1. The molecule has 0 saturated heterocycles. The molecule has 1 rings (SSSR count). The highest BCUT2D eigenvalue weighted by Gasteiger charge is 2.21. The summed E-state index contributed by atoms with van der Waals surface area (Å²) in [4.78, 5) is 17.4. The zero-order valence-corrected chi connectivity index (χ0v) is 13.0. The minimum atomic E-state index is -3.53. The molecule has 1 amide bonds. The molecule has 0 aromatic carbocycles.